The fourth-order valence-corrected chi connectivity index (χ4v) is 1.74. The van der Waals surface area contributed by atoms with Crippen LogP contribution in [0.5, 0.6) is 0 Å². The van der Waals surface area contributed by atoms with Crippen LogP contribution in [0.1, 0.15) is 15.9 Å². The third-order valence-electron chi connectivity index (χ3n) is 2.72. The first kappa shape index (κ1) is 13.7. The maximum Gasteiger partial charge on any atom is 0.282 e. The van der Waals surface area contributed by atoms with Gasteiger partial charge in [0.1, 0.15) is 11.4 Å². The summed E-state index contributed by atoms with van der Waals surface area (Å²) in [5.41, 5.74) is 0.264. The van der Waals surface area contributed by atoms with Gasteiger partial charge in [0.25, 0.3) is 11.6 Å². The van der Waals surface area contributed by atoms with Crippen LogP contribution < -0.4 is 5.32 Å². The molecule has 0 bridgehead atoms. The fraction of sp³-hybridized carbons (Fsp3) is 0.0714. The van der Waals surface area contributed by atoms with Crippen LogP contribution in [0, 0.1) is 22.9 Å². The third-order valence-corrected chi connectivity index (χ3v) is 2.72. The quantitative estimate of drug-likeness (QED) is 0.689. The SMILES string of the molecule is Cc1ccc(NC(=O)c2ccccc2[N+](=O)[O-])c(F)c1. The Morgan fingerprint density at radius 3 is 2.60 bits per heavy atom. The zero-order valence-corrected chi connectivity index (χ0v) is 10.6. The Kier molecular flexibility index (Phi) is 3.74. The summed E-state index contributed by atoms with van der Waals surface area (Å²) in [5, 5.41) is 13.2. The molecule has 0 atom stereocenters. The van der Waals surface area contributed by atoms with Crippen LogP contribution in [0.25, 0.3) is 0 Å². The third kappa shape index (κ3) is 2.80. The number of hydrogen-bond acceptors (Lipinski definition) is 3. The van der Waals surface area contributed by atoms with Gasteiger partial charge in [-0.2, -0.15) is 0 Å². The second-order valence-corrected chi connectivity index (χ2v) is 4.21. The Morgan fingerprint density at radius 1 is 1.25 bits per heavy atom. The molecule has 0 aliphatic heterocycles. The normalized spacial score (nSPS) is 10.1. The lowest BCUT2D eigenvalue weighted by Crippen LogP contribution is -2.14. The number of carbonyl (C=O) groups excluding carboxylic acids is 1. The van der Waals surface area contributed by atoms with Crippen molar-refractivity contribution in [1.29, 1.82) is 0 Å². The van der Waals surface area contributed by atoms with Crippen molar-refractivity contribution in [2.24, 2.45) is 0 Å². The van der Waals surface area contributed by atoms with Crippen LogP contribution in [0.4, 0.5) is 15.8 Å². The first-order valence-electron chi connectivity index (χ1n) is 5.80. The molecule has 0 saturated carbocycles. The number of nitrogens with one attached hydrogen (secondary N) is 1. The van der Waals surface area contributed by atoms with E-state index in [1.54, 1.807) is 13.0 Å². The highest BCUT2D eigenvalue weighted by Gasteiger charge is 2.19. The lowest BCUT2D eigenvalue weighted by atomic mass is 10.1. The maximum atomic E-state index is 13.6. The number of amides is 1. The Balaban J connectivity index is 2.31. The first-order valence-corrected chi connectivity index (χ1v) is 5.80. The lowest BCUT2D eigenvalue weighted by Gasteiger charge is -2.07. The molecule has 0 aliphatic carbocycles. The molecule has 20 heavy (non-hydrogen) atoms. The zero-order valence-electron chi connectivity index (χ0n) is 10.6. The highest BCUT2D eigenvalue weighted by Crippen LogP contribution is 2.21. The van der Waals surface area contributed by atoms with Gasteiger partial charge >= 0.3 is 0 Å². The molecule has 0 aliphatic rings. The Morgan fingerprint density at radius 2 is 1.95 bits per heavy atom. The van der Waals surface area contributed by atoms with E-state index >= 15 is 0 Å². The van der Waals surface area contributed by atoms with Crippen LogP contribution >= 0.6 is 0 Å². The summed E-state index contributed by atoms with van der Waals surface area (Å²) < 4.78 is 13.6. The summed E-state index contributed by atoms with van der Waals surface area (Å²) in [6, 6.07) is 9.83. The van der Waals surface area contributed by atoms with Crippen molar-refractivity contribution >= 4 is 17.3 Å². The van der Waals surface area contributed by atoms with Gasteiger partial charge in [0.15, 0.2) is 0 Å². The van der Waals surface area contributed by atoms with Crippen molar-refractivity contribution in [3.05, 3.63) is 69.5 Å². The second-order valence-electron chi connectivity index (χ2n) is 4.21. The van der Waals surface area contributed by atoms with Crippen LogP contribution in [-0.4, -0.2) is 10.8 Å². The monoisotopic (exact) mass is 274 g/mol. The second kappa shape index (κ2) is 5.48. The number of anilines is 1. The molecule has 0 fully saturated rings. The summed E-state index contributed by atoms with van der Waals surface area (Å²) in [4.78, 5) is 22.2. The Labute approximate surface area is 114 Å². The fourth-order valence-electron chi connectivity index (χ4n) is 1.74. The van der Waals surface area contributed by atoms with Crippen molar-refractivity contribution in [3.63, 3.8) is 0 Å². The molecule has 0 aromatic heterocycles. The number of rotatable bonds is 3. The van der Waals surface area contributed by atoms with E-state index in [9.17, 15) is 19.3 Å². The van der Waals surface area contributed by atoms with Gasteiger partial charge in [-0.25, -0.2) is 4.39 Å². The smallest absolute Gasteiger partial charge is 0.282 e. The van der Waals surface area contributed by atoms with Crippen LogP contribution in [-0.2, 0) is 0 Å². The summed E-state index contributed by atoms with van der Waals surface area (Å²) in [6.45, 7) is 1.72. The van der Waals surface area contributed by atoms with Crippen molar-refractivity contribution in [2.75, 3.05) is 5.32 Å². The number of para-hydroxylation sites is 1. The highest BCUT2D eigenvalue weighted by atomic mass is 19.1. The minimum Gasteiger partial charge on any atom is -0.319 e. The largest absolute Gasteiger partial charge is 0.319 e. The topological polar surface area (TPSA) is 72.2 Å². The molecule has 102 valence electrons. The molecular formula is C14H11FN2O3. The molecule has 1 amide bonds. The van der Waals surface area contributed by atoms with Crippen molar-refractivity contribution in [2.45, 2.75) is 6.92 Å². The minimum absolute atomic E-state index is 0.0150. The van der Waals surface area contributed by atoms with E-state index < -0.39 is 16.6 Å². The molecule has 2 aromatic carbocycles. The molecule has 0 unspecified atom stereocenters. The summed E-state index contributed by atoms with van der Waals surface area (Å²) in [5.74, 6) is -1.31. The average Bonchev–Trinajstić information content (AvgIpc) is 2.41. The molecule has 6 heteroatoms. The van der Waals surface area contributed by atoms with Gasteiger partial charge < -0.3 is 5.32 Å². The van der Waals surface area contributed by atoms with Gasteiger partial charge in [-0.05, 0) is 30.7 Å². The number of carbonyl (C=O) groups is 1. The molecule has 2 aromatic rings. The van der Waals surface area contributed by atoms with Crippen molar-refractivity contribution < 1.29 is 14.1 Å². The van der Waals surface area contributed by atoms with E-state index in [2.05, 4.69) is 5.32 Å². The number of benzene rings is 2. The lowest BCUT2D eigenvalue weighted by molar-refractivity contribution is -0.385. The summed E-state index contributed by atoms with van der Waals surface area (Å²) >= 11 is 0. The molecule has 0 heterocycles. The molecule has 0 radical (unpaired) electrons. The molecular weight excluding hydrogens is 263 g/mol. The van der Waals surface area contributed by atoms with Crippen LogP contribution in [0.2, 0.25) is 0 Å². The summed E-state index contributed by atoms with van der Waals surface area (Å²) in [7, 11) is 0. The van der Waals surface area contributed by atoms with Crippen LogP contribution in [0.3, 0.4) is 0 Å². The molecule has 1 N–H and O–H groups in total. The predicted molar refractivity (Wildman–Crippen MR) is 72.2 cm³/mol. The van der Waals surface area contributed by atoms with Gasteiger partial charge in [-0.3, -0.25) is 14.9 Å². The standard InChI is InChI=1S/C14H11FN2O3/c1-9-6-7-12(11(15)8-9)16-14(18)10-4-2-3-5-13(10)17(19)20/h2-8H,1H3,(H,16,18). The highest BCUT2D eigenvalue weighted by molar-refractivity contribution is 6.07. The zero-order chi connectivity index (χ0) is 14.7. The first-order chi connectivity index (χ1) is 9.49. The van der Waals surface area contributed by atoms with Gasteiger partial charge in [-0.15, -0.1) is 0 Å². The van der Waals surface area contributed by atoms with E-state index in [-0.39, 0.29) is 16.9 Å². The average molecular weight is 274 g/mol. The molecule has 2 rings (SSSR count). The van der Waals surface area contributed by atoms with Gasteiger partial charge in [0, 0.05) is 6.07 Å². The van der Waals surface area contributed by atoms with E-state index in [4.69, 9.17) is 0 Å². The predicted octanol–water partition coefficient (Wildman–Crippen LogP) is 3.29. The number of hydrogen-bond donors (Lipinski definition) is 1. The Hall–Kier alpha value is -2.76. The van der Waals surface area contributed by atoms with E-state index in [0.29, 0.717) is 5.56 Å². The number of nitro benzene ring substituents is 1. The van der Waals surface area contributed by atoms with Gasteiger partial charge in [0.2, 0.25) is 0 Å². The van der Waals surface area contributed by atoms with E-state index in [1.807, 2.05) is 0 Å². The van der Waals surface area contributed by atoms with Crippen LogP contribution in [0.15, 0.2) is 42.5 Å². The number of nitrogens with zero attached hydrogens (tertiary/aromatic N) is 1. The molecule has 5 nitrogen and oxygen atoms in total. The maximum absolute atomic E-state index is 13.6. The summed E-state index contributed by atoms with van der Waals surface area (Å²) in [6.07, 6.45) is 0. The number of aryl methyl sites for hydroxylation is 1. The van der Waals surface area contributed by atoms with E-state index in [1.165, 1.54) is 36.4 Å². The van der Waals surface area contributed by atoms with Crippen molar-refractivity contribution in [3.8, 4) is 0 Å². The minimum atomic E-state index is -0.722. The molecule has 0 spiro atoms. The van der Waals surface area contributed by atoms with E-state index in [0.717, 1.165) is 0 Å². The number of nitro groups is 1. The van der Waals surface area contributed by atoms with Gasteiger partial charge in [-0.1, -0.05) is 18.2 Å². The molecule has 0 saturated heterocycles. The van der Waals surface area contributed by atoms with Gasteiger partial charge in [0.05, 0.1) is 10.6 Å². The Bertz CT molecular complexity index is 686. The van der Waals surface area contributed by atoms with Crippen molar-refractivity contribution in [1.82, 2.24) is 0 Å². The number of halogens is 1.